The first-order chi connectivity index (χ1) is 14.7. The van der Waals surface area contributed by atoms with Gasteiger partial charge >= 0.3 is 6.09 Å². The van der Waals surface area contributed by atoms with Crippen LogP contribution in [0.4, 0.5) is 16.2 Å². The Kier molecular flexibility index (Phi) is 8.87. The van der Waals surface area contributed by atoms with Gasteiger partial charge in [-0.1, -0.05) is 24.3 Å². The zero-order valence-corrected chi connectivity index (χ0v) is 18.1. The molecule has 166 valence electrons. The molecule has 0 heterocycles. The first-order valence-corrected chi connectivity index (χ1v) is 10.1. The van der Waals surface area contributed by atoms with Crippen LogP contribution in [0.25, 0.3) is 0 Å². The largest absolute Gasteiger partial charge is 0.494 e. The van der Waals surface area contributed by atoms with Crippen molar-refractivity contribution in [2.24, 2.45) is 0 Å². The van der Waals surface area contributed by atoms with E-state index in [9.17, 15) is 14.4 Å². The minimum Gasteiger partial charge on any atom is -0.494 e. The van der Waals surface area contributed by atoms with Crippen molar-refractivity contribution in [3.8, 4) is 5.75 Å². The standard InChI is InChI=1S/C23H29N3O5/c1-23(2,3)31-22(29)24-16-21(28)26-18-10-7-9-17(15-18)25-20(27)13-8-14-30-19-11-5-4-6-12-19/h4-7,9-12,15H,8,13-14,16H2,1-3H3,(H,24,29)(H,25,27)(H,26,28). The molecule has 0 atom stereocenters. The van der Waals surface area contributed by atoms with Gasteiger partial charge < -0.3 is 25.4 Å². The number of hydrogen-bond donors (Lipinski definition) is 3. The minimum absolute atomic E-state index is 0.147. The van der Waals surface area contributed by atoms with Gasteiger partial charge in [-0.15, -0.1) is 0 Å². The van der Waals surface area contributed by atoms with Crippen molar-refractivity contribution < 1.29 is 23.9 Å². The molecule has 0 fully saturated rings. The highest BCUT2D eigenvalue weighted by molar-refractivity contribution is 5.95. The normalized spacial score (nSPS) is 10.7. The quantitative estimate of drug-likeness (QED) is 0.526. The Bertz CT molecular complexity index is 878. The van der Waals surface area contributed by atoms with Crippen LogP contribution in [0, 0.1) is 0 Å². The topological polar surface area (TPSA) is 106 Å². The molecule has 0 aliphatic heterocycles. The molecule has 8 heteroatoms. The fraction of sp³-hybridized carbons (Fsp3) is 0.348. The fourth-order valence-electron chi connectivity index (χ4n) is 2.51. The Labute approximate surface area is 182 Å². The van der Waals surface area contributed by atoms with Crippen LogP contribution in [-0.4, -0.2) is 36.7 Å². The van der Waals surface area contributed by atoms with Crippen LogP contribution in [0.1, 0.15) is 33.6 Å². The highest BCUT2D eigenvalue weighted by Crippen LogP contribution is 2.16. The Morgan fingerprint density at radius 3 is 2.16 bits per heavy atom. The van der Waals surface area contributed by atoms with E-state index in [1.807, 2.05) is 30.3 Å². The molecular formula is C23H29N3O5. The Hall–Kier alpha value is -3.55. The van der Waals surface area contributed by atoms with E-state index < -0.39 is 17.6 Å². The maximum Gasteiger partial charge on any atom is 0.408 e. The van der Waals surface area contributed by atoms with E-state index in [0.717, 1.165) is 5.75 Å². The number of carbonyl (C=O) groups excluding carboxylic acids is 3. The number of benzene rings is 2. The first kappa shape index (κ1) is 23.7. The van der Waals surface area contributed by atoms with Crippen molar-refractivity contribution in [3.05, 3.63) is 54.6 Å². The van der Waals surface area contributed by atoms with E-state index in [-0.39, 0.29) is 12.5 Å². The van der Waals surface area contributed by atoms with Gasteiger partial charge in [0.2, 0.25) is 11.8 Å². The second-order valence-electron chi connectivity index (χ2n) is 7.80. The summed E-state index contributed by atoms with van der Waals surface area (Å²) in [5.41, 5.74) is 0.425. The van der Waals surface area contributed by atoms with Crippen LogP contribution in [0.15, 0.2) is 54.6 Å². The van der Waals surface area contributed by atoms with Gasteiger partial charge in [-0.05, 0) is 57.5 Å². The molecule has 0 saturated heterocycles. The third kappa shape index (κ3) is 10.2. The van der Waals surface area contributed by atoms with Crippen LogP contribution in [0.2, 0.25) is 0 Å². The molecule has 0 spiro atoms. The van der Waals surface area contributed by atoms with Crippen molar-refractivity contribution in [2.45, 2.75) is 39.2 Å². The van der Waals surface area contributed by atoms with Crippen LogP contribution in [0.5, 0.6) is 5.75 Å². The van der Waals surface area contributed by atoms with Gasteiger partial charge in [0.15, 0.2) is 0 Å². The average Bonchev–Trinajstić information content (AvgIpc) is 2.69. The Balaban J connectivity index is 1.72. The number of rotatable bonds is 9. The van der Waals surface area contributed by atoms with Crippen molar-refractivity contribution in [2.75, 3.05) is 23.8 Å². The lowest BCUT2D eigenvalue weighted by atomic mass is 10.2. The number of alkyl carbamates (subject to hydrolysis) is 1. The summed E-state index contributed by atoms with van der Waals surface area (Å²) in [5, 5.41) is 7.85. The lowest BCUT2D eigenvalue weighted by Gasteiger charge is -2.19. The van der Waals surface area contributed by atoms with E-state index in [1.165, 1.54) is 0 Å². The molecule has 2 rings (SSSR count). The molecule has 0 aliphatic carbocycles. The smallest absolute Gasteiger partial charge is 0.408 e. The van der Waals surface area contributed by atoms with Crippen LogP contribution >= 0.6 is 0 Å². The van der Waals surface area contributed by atoms with Crippen molar-refractivity contribution in [1.29, 1.82) is 0 Å². The second-order valence-corrected chi connectivity index (χ2v) is 7.80. The molecule has 2 aromatic carbocycles. The van der Waals surface area contributed by atoms with Crippen LogP contribution < -0.4 is 20.7 Å². The first-order valence-electron chi connectivity index (χ1n) is 10.1. The third-order valence-electron chi connectivity index (χ3n) is 3.78. The zero-order valence-electron chi connectivity index (χ0n) is 18.1. The predicted octanol–water partition coefficient (Wildman–Crippen LogP) is 3.95. The predicted molar refractivity (Wildman–Crippen MR) is 119 cm³/mol. The molecule has 31 heavy (non-hydrogen) atoms. The molecule has 0 bridgehead atoms. The van der Waals surface area contributed by atoms with Crippen LogP contribution in [-0.2, 0) is 14.3 Å². The third-order valence-corrected chi connectivity index (χ3v) is 3.78. The molecule has 2 aromatic rings. The maximum atomic E-state index is 12.1. The fourth-order valence-corrected chi connectivity index (χ4v) is 2.51. The Morgan fingerprint density at radius 2 is 1.52 bits per heavy atom. The number of ether oxygens (including phenoxy) is 2. The summed E-state index contributed by atoms with van der Waals surface area (Å²) in [7, 11) is 0. The second kappa shape index (κ2) is 11.6. The molecule has 8 nitrogen and oxygen atoms in total. The summed E-state index contributed by atoms with van der Waals surface area (Å²) in [5.74, 6) is 0.214. The summed E-state index contributed by atoms with van der Waals surface area (Å²) in [6.45, 7) is 5.43. The molecule has 0 aliphatic rings. The van der Waals surface area contributed by atoms with Gasteiger partial charge in [0.1, 0.15) is 17.9 Å². The van der Waals surface area contributed by atoms with Crippen molar-refractivity contribution >= 4 is 29.3 Å². The molecule has 3 amide bonds. The minimum atomic E-state index is -0.667. The lowest BCUT2D eigenvalue weighted by molar-refractivity contribution is -0.116. The van der Waals surface area contributed by atoms with Gasteiger partial charge in [0.25, 0.3) is 0 Å². The molecule has 0 radical (unpaired) electrons. The zero-order chi connectivity index (χ0) is 22.7. The van der Waals surface area contributed by atoms with Crippen molar-refractivity contribution in [1.82, 2.24) is 5.32 Å². The summed E-state index contributed by atoms with van der Waals surface area (Å²) in [4.78, 5) is 35.8. The number of para-hydroxylation sites is 1. The van der Waals surface area contributed by atoms with Gasteiger partial charge in [-0.25, -0.2) is 4.79 Å². The number of anilines is 2. The van der Waals surface area contributed by atoms with E-state index >= 15 is 0 Å². The van der Waals surface area contributed by atoms with Gasteiger partial charge in [-0.2, -0.15) is 0 Å². The van der Waals surface area contributed by atoms with Crippen molar-refractivity contribution in [3.63, 3.8) is 0 Å². The maximum absolute atomic E-state index is 12.1. The molecule has 0 aromatic heterocycles. The number of nitrogens with one attached hydrogen (secondary N) is 3. The lowest BCUT2D eigenvalue weighted by Crippen LogP contribution is -2.37. The summed E-state index contributed by atoms with van der Waals surface area (Å²) >= 11 is 0. The summed E-state index contributed by atoms with van der Waals surface area (Å²) in [6, 6.07) is 16.2. The van der Waals surface area contributed by atoms with Gasteiger partial charge in [-0.3, -0.25) is 9.59 Å². The molecule has 0 saturated carbocycles. The SMILES string of the molecule is CC(C)(C)OC(=O)NCC(=O)Nc1cccc(NC(=O)CCCOc2ccccc2)c1. The highest BCUT2D eigenvalue weighted by Gasteiger charge is 2.16. The van der Waals surface area contributed by atoms with Gasteiger partial charge in [0, 0.05) is 17.8 Å². The molecule has 0 unspecified atom stereocenters. The summed E-state index contributed by atoms with van der Waals surface area (Å²) < 4.78 is 10.6. The number of hydrogen-bond acceptors (Lipinski definition) is 5. The monoisotopic (exact) mass is 427 g/mol. The van der Waals surface area contributed by atoms with E-state index in [2.05, 4.69) is 16.0 Å². The van der Waals surface area contributed by atoms with E-state index in [4.69, 9.17) is 9.47 Å². The number of carbonyl (C=O) groups is 3. The van der Waals surface area contributed by atoms with E-state index in [0.29, 0.717) is 30.8 Å². The highest BCUT2D eigenvalue weighted by atomic mass is 16.6. The Morgan fingerprint density at radius 1 is 0.871 bits per heavy atom. The summed E-state index contributed by atoms with van der Waals surface area (Å²) in [6.07, 6.45) is 0.219. The van der Waals surface area contributed by atoms with E-state index in [1.54, 1.807) is 45.0 Å². The molecule has 3 N–H and O–H groups in total. The number of amides is 3. The van der Waals surface area contributed by atoms with Gasteiger partial charge in [0.05, 0.1) is 6.61 Å². The van der Waals surface area contributed by atoms with Crippen LogP contribution in [0.3, 0.4) is 0 Å². The average molecular weight is 428 g/mol. The molecular weight excluding hydrogens is 398 g/mol.